The molecule has 7 rings (SSSR count). The summed E-state index contributed by atoms with van der Waals surface area (Å²) in [5.41, 5.74) is -4.49. The molecule has 1 amide bonds. The minimum absolute atomic E-state index is 0. The van der Waals surface area contributed by atoms with Crippen molar-refractivity contribution in [1.82, 2.24) is 15.5 Å². The van der Waals surface area contributed by atoms with E-state index in [0.29, 0.717) is 64.5 Å². The summed E-state index contributed by atoms with van der Waals surface area (Å²) in [5, 5.41) is 90.6. The lowest BCUT2D eigenvalue weighted by Gasteiger charge is -2.64. The Morgan fingerprint density at radius 3 is 2.13 bits per heavy atom. The summed E-state index contributed by atoms with van der Waals surface area (Å²) < 4.78 is 36.7. The van der Waals surface area contributed by atoms with E-state index < -0.39 is 118 Å². The van der Waals surface area contributed by atoms with Crippen molar-refractivity contribution in [2.24, 2.45) is 34.5 Å². The molecule has 12 N–H and O–H groups in total. The molecule has 0 radical (unpaired) electrons. The summed E-state index contributed by atoms with van der Waals surface area (Å²) in [7, 11) is 5.27. The number of hydrogen-bond acceptors (Lipinski definition) is 17. The Morgan fingerprint density at radius 2 is 1.54 bits per heavy atom. The number of ether oxygens (including phenoxy) is 4. The minimum atomic E-state index is -1.84. The van der Waals surface area contributed by atoms with E-state index in [9.17, 15) is 50.1 Å². The molecule has 3 saturated heterocycles. The fourth-order valence-electron chi connectivity index (χ4n) is 13.5. The van der Waals surface area contributed by atoms with Gasteiger partial charge >= 0.3 is 5.97 Å². The Morgan fingerprint density at radius 1 is 0.885 bits per heavy atom. The van der Waals surface area contributed by atoms with Crippen LogP contribution in [0.3, 0.4) is 0 Å². The van der Waals surface area contributed by atoms with Crippen LogP contribution in [0.15, 0.2) is 23.8 Å². The lowest BCUT2D eigenvalue weighted by molar-refractivity contribution is -0.263. The number of fused-ring (bicyclic) bond motifs is 5. The van der Waals surface area contributed by atoms with Gasteiger partial charge in [-0.2, -0.15) is 0 Å². The number of nitrogens with zero attached hydrogens (tertiary/aromatic N) is 1. The number of cyclic esters (lactones) is 1. The lowest BCUT2D eigenvalue weighted by Crippen LogP contribution is -2.70. The van der Waals surface area contributed by atoms with Crippen LogP contribution in [-0.2, 0) is 33.3 Å². The predicted molar refractivity (Wildman–Crippen MR) is 294 cm³/mol. The molecule has 0 aromatic heterocycles. The van der Waals surface area contributed by atoms with E-state index in [0.717, 1.165) is 19.3 Å². The summed E-state index contributed by atoms with van der Waals surface area (Å²) >= 11 is 7.41. The molecule has 3 saturated carbocycles. The van der Waals surface area contributed by atoms with Crippen molar-refractivity contribution in [1.29, 1.82) is 0 Å². The molecular weight excluding hydrogens is 1040 g/mol. The van der Waals surface area contributed by atoms with Crippen LogP contribution in [0, 0.1) is 34.5 Å². The molecule has 78 heavy (non-hydrogen) atoms. The van der Waals surface area contributed by atoms with Crippen LogP contribution < -0.4 is 10.6 Å². The van der Waals surface area contributed by atoms with Gasteiger partial charge in [0.05, 0.1) is 46.9 Å². The molecule has 3 unspecified atom stereocenters. The van der Waals surface area contributed by atoms with Crippen molar-refractivity contribution >= 4 is 29.3 Å². The minimum Gasteiger partial charge on any atom is -0.459 e. The fourth-order valence-corrected chi connectivity index (χ4v) is 14.0. The van der Waals surface area contributed by atoms with E-state index in [1.54, 1.807) is 54.5 Å². The van der Waals surface area contributed by atoms with Gasteiger partial charge < -0.3 is 75.9 Å². The highest BCUT2D eigenvalue weighted by Gasteiger charge is 2.74. The van der Waals surface area contributed by atoms with Crippen LogP contribution in [-0.4, -0.2) is 199 Å². The number of rotatable bonds is 7. The van der Waals surface area contributed by atoms with Gasteiger partial charge in [-0.25, -0.2) is 4.39 Å². The van der Waals surface area contributed by atoms with Gasteiger partial charge in [0.25, 0.3) is 5.91 Å². The number of hydrogen-bond donors (Lipinski definition) is 10. The van der Waals surface area contributed by atoms with Crippen LogP contribution in [0.4, 0.5) is 4.39 Å². The monoisotopic (exact) mass is 1140 g/mol. The highest BCUT2D eigenvalue weighted by molar-refractivity contribution is 6.26. The van der Waals surface area contributed by atoms with Crippen molar-refractivity contribution in [3.63, 3.8) is 0 Å². The van der Waals surface area contributed by atoms with E-state index in [4.69, 9.17) is 35.7 Å². The van der Waals surface area contributed by atoms with Crippen molar-refractivity contribution in [3.05, 3.63) is 23.8 Å². The van der Waals surface area contributed by atoms with Crippen molar-refractivity contribution in [3.8, 4) is 0 Å². The number of amides is 1. The summed E-state index contributed by atoms with van der Waals surface area (Å²) in [6.45, 7) is 17.5. The summed E-state index contributed by atoms with van der Waals surface area (Å²) in [5.74, 6) is -2.59. The number of aliphatic hydroxyl groups excluding tert-OH is 7. The van der Waals surface area contributed by atoms with Crippen LogP contribution in [0.5, 0.6) is 0 Å². The van der Waals surface area contributed by atoms with Crippen molar-refractivity contribution in [2.75, 3.05) is 40.8 Å². The second-order valence-corrected chi connectivity index (χ2v) is 24.7. The zero-order chi connectivity index (χ0) is 58.0. The molecule has 6 fully saturated rings. The molecule has 7 aliphatic rings. The first-order chi connectivity index (χ1) is 35.9. The van der Waals surface area contributed by atoms with E-state index in [1.807, 2.05) is 32.8 Å². The molecule has 21 atom stereocenters. The zero-order valence-electron chi connectivity index (χ0n) is 48.6. The van der Waals surface area contributed by atoms with E-state index in [2.05, 4.69) is 10.6 Å². The first-order valence-corrected chi connectivity index (χ1v) is 28.8. The number of ketones is 1. The third kappa shape index (κ3) is 15.7. The number of carbonyl (C=O) groups excluding carboxylic acids is 3. The molecule has 4 aliphatic carbocycles. The average Bonchev–Trinajstić information content (AvgIpc) is 3.76. The second-order valence-electron chi connectivity index (χ2n) is 24.1. The van der Waals surface area contributed by atoms with E-state index in [-0.39, 0.29) is 60.6 Å². The number of aliphatic hydroxyl groups is 8. The van der Waals surface area contributed by atoms with Crippen LogP contribution in [0.25, 0.3) is 0 Å². The maximum atomic E-state index is 15.8. The molecule has 19 nitrogen and oxygen atoms in total. The molecule has 0 spiro atoms. The Bertz CT molecular complexity index is 1970. The normalized spacial score (nSPS) is 44.2. The number of halogens is 2. The summed E-state index contributed by atoms with van der Waals surface area (Å²) in [6, 6.07) is -0.551. The molecule has 21 heteroatoms. The number of methoxy groups -OCH3 is 1. The van der Waals surface area contributed by atoms with Gasteiger partial charge in [-0.15, -0.1) is 11.6 Å². The topological polar surface area (TPSA) is 309 Å². The van der Waals surface area contributed by atoms with Crippen molar-refractivity contribution in [2.45, 2.75) is 242 Å². The highest BCUT2D eigenvalue weighted by Crippen LogP contribution is 2.70. The Hall–Kier alpha value is -2.25. The molecule has 0 aromatic carbocycles. The van der Waals surface area contributed by atoms with Gasteiger partial charge in [0.2, 0.25) is 0 Å². The van der Waals surface area contributed by atoms with Gasteiger partial charge in [-0.3, -0.25) is 19.3 Å². The summed E-state index contributed by atoms with van der Waals surface area (Å²) in [4.78, 5) is 39.7. The zero-order valence-corrected chi connectivity index (χ0v) is 49.4. The van der Waals surface area contributed by atoms with Gasteiger partial charge in [0.15, 0.2) is 18.4 Å². The van der Waals surface area contributed by atoms with Crippen molar-refractivity contribution < 1.29 is 84.0 Å². The Balaban J connectivity index is 0.000000548. The van der Waals surface area contributed by atoms with Gasteiger partial charge in [-0.1, -0.05) is 40.7 Å². The molecule has 0 bridgehead atoms. The first kappa shape index (κ1) is 70.0. The predicted octanol–water partition coefficient (Wildman–Crippen LogP) is 3.54. The van der Waals surface area contributed by atoms with Gasteiger partial charge in [0.1, 0.15) is 30.1 Å². The van der Waals surface area contributed by atoms with Crippen LogP contribution in [0.1, 0.15) is 152 Å². The molecule has 0 aromatic rings. The van der Waals surface area contributed by atoms with E-state index in [1.165, 1.54) is 19.3 Å². The smallest absolute Gasteiger partial charge is 0.309 e. The number of allylic oxidation sites excluding steroid dienone is 4. The average molecular weight is 1140 g/mol. The Kier molecular flexibility index (Phi) is 26.8. The molecular formula is C57H101ClFN3O16. The number of nitrogens with one attached hydrogen (secondary N) is 2. The fraction of sp³-hybridized carbons (Fsp3) is 0.877. The lowest BCUT2D eigenvalue weighted by atomic mass is 9.45. The third-order valence-electron chi connectivity index (χ3n) is 18.3. The molecule has 3 aliphatic heterocycles. The molecule has 454 valence electrons. The molecule has 3 heterocycles. The van der Waals surface area contributed by atoms with Crippen LogP contribution in [0.2, 0.25) is 0 Å². The standard InChI is InChI=1S/C41H64ClFN2O9.C8H16O4.C6H12O2.C2H7N.H2O/c1-7-32-35(50)34(49)25(4)45(16-8-10-26(46)19-23(2)18-24(3)36(51)54-32)17-9-15-44-37(52)40(53)14-12-28-29-21-31(43)30-20-27(47)11-13-38(30,5)41(29,42)33(48)22-39(28,40)6;1-5-7(10)8(2,11-3)4-6(9)12-5;1-5-3-2-4-6(7)8-5;1-3-2;/h11,13,20,23-26,28-29,31-35,46,48-50,53H,7-10,12,14-19,21-22H2,1-6H3,(H,44,52);5-7,9-10H,4H2,1-3H3;5-7H,2-4H2,1H3;3H,1-2H3;1H2/t23-,24+,25+,26+,28?,29?,31-,32+,33-,34+,35+,38-,39-,40-,41-;5?,6-,7+,8-;5-,6-;;/m001../s1. The van der Waals surface area contributed by atoms with Crippen LogP contribution >= 0.6 is 11.6 Å². The first-order valence-electron chi connectivity index (χ1n) is 28.4. The quantitative estimate of drug-likeness (QED) is 0.0991. The number of carbonyl (C=O) groups is 3. The number of esters is 1. The maximum absolute atomic E-state index is 15.8. The second kappa shape index (κ2) is 29.8. The van der Waals surface area contributed by atoms with Gasteiger partial charge in [-0.05, 0) is 167 Å². The number of alkyl halides is 2. The largest absolute Gasteiger partial charge is 0.459 e. The Labute approximate surface area is 468 Å². The van der Waals surface area contributed by atoms with E-state index >= 15 is 4.39 Å². The highest BCUT2D eigenvalue weighted by atomic mass is 35.5. The third-order valence-corrected chi connectivity index (χ3v) is 19.2. The SMILES string of the molecule is CC[C@H]1OC(=O)[C@H](C)C[C@H](C)C[C@H](O)CCCN(CCCNC(=O)[C@@]2(O)CCC3C4C[C@H](F)C5=CC(=O)C=C[C@]5(C)[C@@]4(Cl)[C@@H](O)C[C@@]32C)[C@H](C)[C@@H](O)[C@@H]1O.CNC.CO[C@@]1(C)C[C@@H](O)OC(C)[C@H]1O.C[C@@H]1CCC[C@H](O)O1.O. The summed E-state index contributed by atoms with van der Waals surface area (Å²) in [6.07, 6.45) is 2.30. The maximum Gasteiger partial charge on any atom is 0.309 e. The van der Waals surface area contributed by atoms with Gasteiger partial charge in [0, 0.05) is 43.5 Å².